The van der Waals surface area contributed by atoms with Crippen LogP contribution in [0.3, 0.4) is 0 Å². The van der Waals surface area contributed by atoms with Gasteiger partial charge in [-0.1, -0.05) is 12.1 Å². The molecule has 128 valence electrons. The van der Waals surface area contributed by atoms with Crippen LogP contribution in [-0.2, 0) is 22.4 Å². The standard InChI is InChI=1S/C19H23NO4/c21-17(15-7-6-13-3-1-4-14(13)11-15)8-9-18(22)20-10-2-5-16(12-20)19(23)24/h6-7,11,16H,1-5,8-10,12H2,(H,23,24)/t16-/m0/s1. The molecule has 0 spiro atoms. The number of hydrogen-bond donors (Lipinski definition) is 1. The first-order valence-corrected chi connectivity index (χ1v) is 8.70. The molecular weight excluding hydrogens is 306 g/mol. The lowest BCUT2D eigenvalue weighted by atomic mass is 9.97. The Morgan fingerprint density at radius 2 is 1.88 bits per heavy atom. The van der Waals surface area contributed by atoms with Gasteiger partial charge in [0.1, 0.15) is 0 Å². The monoisotopic (exact) mass is 329 g/mol. The van der Waals surface area contributed by atoms with E-state index in [-0.39, 0.29) is 31.1 Å². The molecule has 1 saturated heterocycles. The van der Waals surface area contributed by atoms with Crippen molar-refractivity contribution >= 4 is 17.7 Å². The normalized spacial score (nSPS) is 19.8. The molecule has 1 amide bonds. The minimum Gasteiger partial charge on any atom is -0.481 e. The lowest BCUT2D eigenvalue weighted by Crippen LogP contribution is -2.42. The molecule has 1 fully saturated rings. The number of fused-ring (bicyclic) bond motifs is 1. The average molecular weight is 329 g/mol. The summed E-state index contributed by atoms with van der Waals surface area (Å²) in [7, 11) is 0. The molecule has 24 heavy (non-hydrogen) atoms. The van der Waals surface area contributed by atoms with E-state index < -0.39 is 11.9 Å². The highest BCUT2D eigenvalue weighted by molar-refractivity contribution is 5.98. The van der Waals surface area contributed by atoms with Crippen molar-refractivity contribution in [3.05, 3.63) is 34.9 Å². The van der Waals surface area contributed by atoms with E-state index in [0.717, 1.165) is 19.3 Å². The first-order valence-electron chi connectivity index (χ1n) is 8.70. The zero-order valence-corrected chi connectivity index (χ0v) is 13.8. The summed E-state index contributed by atoms with van der Waals surface area (Å²) in [5, 5.41) is 9.09. The Balaban J connectivity index is 1.54. The van der Waals surface area contributed by atoms with Crippen LogP contribution in [-0.4, -0.2) is 40.8 Å². The summed E-state index contributed by atoms with van der Waals surface area (Å²) in [5.41, 5.74) is 3.27. The van der Waals surface area contributed by atoms with Gasteiger partial charge in [0.25, 0.3) is 0 Å². The maximum absolute atomic E-state index is 12.3. The number of aryl methyl sites for hydroxylation is 2. The number of carboxylic acid groups (broad SMARTS) is 1. The number of aliphatic carboxylic acids is 1. The van der Waals surface area contributed by atoms with Crippen molar-refractivity contribution in [1.82, 2.24) is 4.90 Å². The highest BCUT2D eigenvalue weighted by Crippen LogP contribution is 2.24. The van der Waals surface area contributed by atoms with Crippen LogP contribution in [0.15, 0.2) is 18.2 Å². The Bertz CT molecular complexity index is 667. The number of Topliss-reactive ketones (excluding diaryl/α,β-unsaturated/α-hetero) is 1. The van der Waals surface area contributed by atoms with Crippen molar-refractivity contribution in [3.8, 4) is 0 Å². The van der Waals surface area contributed by atoms with Gasteiger partial charge in [0, 0.05) is 31.5 Å². The van der Waals surface area contributed by atoms with Crippen molar-refractivity contribution in [3.63, 3.8) is 0 Å². The van der Waals surface area contributed by atoms with Crippen LogP contribution in [0.1, 0.15) is 53.6 Å². The van der Waals surface area contributed by atoms with Gasteiger partial charge in [0.05, 0.1) is 5.92 Å². The molecular formula is C19H23NO4. The van der Waals surface area contributed by atoms with Crippen LogP contribution in [0.5, 0.6) is 0 Å². The largest absolute Gasteiger partial charge is 0.481 e. The second-order valence-electron chi connectivity index (χ2n) is 6.78. The Morgan fingerprint density at radius 1 is 1.08 bits per heavy atom. The summed E-state index contributed by atoms with van der Waals surface area (Å²) < 4.78 is 0. The summed E-state index contributed by atoms with van der Waals surface area (Å²) >= 11 is 0. The SMILES string of the molecule is O=C(CCC(=O)N1CCC[C@H](C(=O)O)C1)c1ccc2c(c1)CCC2. The summed E-state index contributed by atoms with van der Waals surface area (Å²) in [6.07, 6.45) is 4.93. The number of carboxylic acids is 1. The van der Waals surface area contributed by atoms with Gasteiger partial charge in [-0.05, 0) is 49.3 Å². The maximum atomic E-state index is 12.3. The van der Waals surface area contributed by atoms with Gasteiger partial charge in [-0.3, -0.25) is 14.4 Å². The van der Waals surface area contributed by atoms with Crippen molar-refractivity contribution in [2.24, 2.45) is 5.92 Å². The van der Waals surface area contributed by atoms with E-state index in [9.17, 15) is 14.4 Å². The van der Waals surface area contributed by atoms with Crippen LogP contribution in [0.4, 0.5) is 0 Å². The summed E-state index contributed by atoms with van der Waals surface area (Å²) in [6.45, 7) is 0.858. The first-order chi connectivity index (χ1) is 11.5. The molecule has 3 rings (SSSR count). The van der Waals surface area contributed by atoms with Crippen LogP contribution in [0.25, 0.3) is 0 Å². The van der Waals surface area contributed by atoms with Gasteiger partial charge < -0.3 is 10.0 Å². The lowest BCUT2D eigenvalue weighted by molar-refractivity contribution is -0.145. The molecule has 5 heteroatoms. The number of rotatable bonds is 5. The molecule has 5 nitrogen and oxygen atoms in total. The predicted octanol–water partition coefficient (Wildman–Crippen LogP) is 2.46. The molecule has 1 aromatic carbocycles. The van der Waals surface area contributed by atoms with E-state index in [2.05, 4.69) is 0 Å². The summed E-state index contributed by atoms with van der Waals surface area (Å²) in [6, 6.07) is 5.86. The van der Waals surface area contributed by atoms with Crippen LogP contribution in [0.2, 0.25) is 0 Å². The van der Waals surface area contributed by atoms with E-state index in [1.165, 1.54) is 11.1 Å². The number of ketones is 1. The van der Waals surface area contributed by atoms with Crippen molar-refractivity contribution < 1.29 is 19.5 Å². The summed E-state index contributed by atoms with van der Waals surface area (Å²) in [4.78, 5) is 37.3. The molecule has 1 aliphatic carbocycles. The number of amides is 1. The molecule has 1 N–H and O–H groups in total. The topological polar surface area (TPSA) is 74.7 Å². The second kappa shape index (κ2) is 7.16. The van der Waals surface area contributed by atoms with E-state index in [0.29, 0.717) is 24.9 Å². The Kier molecular flexibility index (Phi) is 4.97. The molecule has 0 saturated carbocycles. The predicted molar refractivity (Wildman–Crippen MR) is 89.0 cm³/mol. The third kappa shape index (κ3) is 3.66. The van der Waals surface area contributed by atoms with Gasteiger partial charge in [-0.25, -0.2) is 0 Å². The van der Waals surface area contributed by atoms with Crippen LogP contribution < -0.4 is 0 Å². The van der Waals surface area contributed by atoms with Gasteiger partial charge >= 0.3 is 5.97 Å². The van der Waals surface area contributed by atoms with Crippen molar-refractivity contribution in [2.75, 3.05) is 13.1 Å². The highest BCUT2D eigenvalue weighted by atomic mass is 16.4. The van der Waals surface area contributed by atoms with Gasteiger partial charge in [-0.2, -0.15) is 0 Å². The van der Waals surface area contributed by atoms with Gasteiger partial charge in [0.15, 0.2) is 5.78 Å². The molecule has 1 heterocycles. The van der Waals surface area contributed by atoms with E-state index >= 15 is 0 Å². The third-order valence-electron chi connectivity index (χ3n) is 5.11. The van der Waals surface area contributed by atoms with E-state index in [1.807, 2.05) is 18.2 Å². The maximum Gasteiger partial charge on any atom is 0.308 e. The molecule has 0 radical (unpaired) electrons. The fraction of sp³-hybridized carbons (Fsp3) is 0.526. The first kappa shape index (κ1) is 16.7. The highest BCUT2D eigenvalue weighted by Gasteiger charge is 2.28. The number of carbonyl (C=O) groups excluding carboxylic acids is 2. The Hall–Kier alpha value is -2.17. The summed E-state index contributed by atoms with van der Waals surface area (Å²) in [5.74, 6) is -1.45. The van der Waals surface area contributed by atoms with Gasteiger partial charge in [0.2, 0.25) is 5.91 Å². The quantitative estimate of drug-likeness (QED) is 0.842. The second-order valence-corrected chi connectivity index (χ2v) is 6.78. The molecule has 0 aromatic heterocycles. The zero-order valence-electron chi connectivity index (χ0n) is 13.8. The fourth-order valence-corrected chi connectivity index (χ4v) is 3.67. The van der Waals surface area contributed by atoms with E-state index in [4.69, 9.17) is 5.11 Å². The average Bonchev–Trinajstić information content (AvgIpc) is 3.07. The lowest BCUT2D eigenvalue weighted by Gasteiger charge is -2.30. The molecule has 2 aliphatic rings. The van der Waals surface area contributed by atoms with Gasteiger partial charge in [-0.15, -0.1) is 0 Å². The number of carbonyl (C=O) groups is 3. The molecule has 1 aromatic rings. The number of nitrogens with zero attached hydrogens (tertiary/aromatic N) is 1. The number of benzene rings is 1. The Morgan fingerprint density at radius 3 is 2.67 bits per heavy atom. The minimum atomic E-state index is -0.846. The smallest absolute Gasteiger partial charge is 0.308 e. The number of likely N-dealkylation sites (tertiary alicyclic amines) is 1. The number of piperidine rings is 1. The minimum absolute atomic E-state index is 0.00940. The molecule has 1 atom stereocenters. The van der Waals surface area contributed by atoms with E-state index in [1.54, 1.807) is 4.90 Å². The third-order valence-corrected chi connectivity index (χ3v) is 5.11. The fourth-order valence-electron chi connectivity index (χ4n) is 3.67. The van der Waals surface area contributed by atoms with Crippen molar-refractivity contribution in [2.45, 2.75) is 44.9 Å². The Labute approximate surface area is 141 Å². The molecule has 1 aliphatic heterocycles. The molecule has 0 bridgehead atoms. The van der Waals surface area contributed by atoms with Crippen molar-refractivity contribution in [1.29, 1.82) is 0 Å². The number of hydrogen-bond acceptors (Lipinski definition) is 3. The molecule has 0 unspecified atom stereocenters. The van der Waals surface area contributed by atoms with Crippen LogP contribution in [0, 0.1) is 5.92 Å². The van der Waals surface area contributed by atoms with Crippen LogP contribution >= 0.6 is 0 Å². The zero-order chi connectivity index (χ0) is 17.1.